The minimum atomic E-state index is -0.445. The van der Waals surface area contributed by atoms with Gasteiger partial charge < -0.3 is 9.64 Å². The molecule has 4 atom stereocenters. The molecule has 5 heteroatoms. The molecule has 1 N–H and O–H groups in total. The molecule has 0 aromatic carbocycles. The van der Waals surface area contributed by atoms with Crippen molar-refractivity contribution in [3.05, 3.63) is 22.4 Å². The van der Waals surface area contributed by atoms with E-state index < -0.39 is 5.54 Å². The van der Waals surface area contributed by atoms with Crippen LogP contribution in [0.15, 0.2) is 17.5 Å². The van der Waals surface area contributed by atoms with Gasteiger partial charge in [0.1, 0.15) is 6.17 Å². The van der Waals surface area contributed by atoms with Crippen molar-refractivity contribution < 1.29 is 9.53 Å². The van der Waals surface area contributed by atoms with Crippen molar-refractivity contribution in [3.63, 3.8) is 0 Å². The number of thiophene rings is 1. The Morgan fingerprint density at radius 2 is 2.33 bits per heavy atom. The van der Waals surface area contributed by atoms with E-state index in [0.717, 1.165) is 25.7 Å². The first-order valence-corrected chi connectivity index (χ1v) is 8.63. The van der Waals surface area contributed by atoms with Gasteiger partial charge in [-0.3, -0.25) is 10.1 Å². The molecule has 0 radical (unpaired) electrons. The molecule has 1 aliphatic carbocycles. The van der Waals surface area contributed by atoms with Crippen LogP contribution in [0, 0.1) is 0 Å². The van der Waals surface area contributed by atoms with Crippen LogP contribution in [0.3, 0.4) is 0 Å². The smallest absolute Gasteiger partial charge is 0.244 e. The third-order valence-corrected chi connectivity index (χ3v) is 5.97. The van der Waals surface area contributed by atoms with E-state index in [1.807, 2.05) is 6.92 Å². The molecule has 1 aromatic rings. The van der Waals surface area contributed by atoms with E-state index in [1.165, 1.54) is 4.88 Å². The number of hydrogen-bond donors (Lipinski definition) is 1. The zero-order valence-corrected chi connectivity index (χ0v) is 13.8. The van der Waals surface area contributed by atoms with Crippen molar-refractivity contribution >= 4 is 17.2 Å². The van der Waals surface area contributed by atoms with Crippen molar-refractivity contribution in [2.45, 2.75) is 63.4 Å². The minimum Gasteiger partial charge on any atom is -0.381 e. The molecule has 1 amide bonds. The van der Waals surface area contributed by atoms with Crippen molar-refractivity contribution in [2.24, 2.45) is 0 Å². The molecule has 1 saturated carbocycles. The summed E-state index contributed by atoms with van der Waals surface area (Å²) in [7, 11) is 1.77. The van der Waals surface area contributed by atoms with Crippen molar-refractivity contribution in [3.8, 4) is 0 Å². The summed E-state index contributed by atoms with van der Waals surface area (Å²) >= 11 is 1.71. The molecule has 4 unspecified atom stereocenters. The Kier molecular flexibility index (Phi) is 4.08. The maximum absolute atomic E-state index is 13.0. The van der Waals surface area contributed by atoms with Gasteiger partial charge in [-0.15, -0.1) is 11.3 Å². The highest BCUT2D eigenvalue weighted by Crippen LogP contribution is 2.40. The van der Waals surface area contributed by atoms with Crippen LogP contribution in [-0.2, 0) is 9.53 Å². The molecule has 2 fully saturated rings. The first-order chi connectivity index (χ1) is 10.1. The predicted octanol–water partition coefficient (Wildman–Crippen LogP) is 2.91. The zero-order chi connectivity index (χ0) is 15.0. The molecule has 1 aliphatic heterocycles. The van der Waals surface area contributed by atoms with Gasteiger partial charge in [0.15, 0.2) is 0 Å². The maximum Gasteiger partial charge on any atom is 0.244 e. The van der Waals surface area contributed by atoms with Crippen molar-refractivity contribution in [1.82, 2.24) is 10.2 Å². The SMILES string of the molecule is CCC1(C)NC(c2cccs2)N(C2CCC(OC)C2)C1=O. The average Bonchev–Trinajstić information content (AvgIpc) is 3.20. The topological polar surface area (TPSA) is 41.6 Å². The fraction of sp³-hybridized carbons (Fsp3) is 0.688. The van der Waals surface area contributed by atoms with Crippen molar-refractivity contribution in [2.75, 3.05) is 7.11 Å². The number of nitrogens with zero attached hydrogens (tertiary/aromatic N) is 1. The van der Waals surface area contributed by atoms with Crippen LogP contribution < -0.4 is 5.32 Å². The van der Waals surface area contributed by atoms with E-state index in [4.69, 9.17) is 4.74 Å². The first kappa shape index (κ1) is 15.0. The Hall–Kier alpha value is -0.910. The van der Waals surface area contributed by atoms with Crippen LogP contribution >= 0.6 is 11.3 Å². The number of methoxy groups -OCH3 is 1. The third kappa shape index (κ3) is 2.51. The van der Waals surface area contributed by atoms with Gasteiger partial charge in [-0.25, -0.2) is 0 Å². The fourth-order valence-electron chi connectivity index (χ4n) is 3.50. The normalized spacial score (nSPS) is 36.6. The molecule has 4 nitrogen and oxygen atoms in total. The van der Waals surface area contributed by atoms with Gasteiger partial charge in [-0.05, 0) is 44.1 Å². The number of carbonyl (C=O) groups excluding carboxylic acids is 1. The highest BCUT2D eigenvalue weighted by molar-refractivity contribution is 7.10. The summed E-state index contributed by atoms with van der Waals surface area (Å²) in [4.78, 5) is 16.3. The zero-order valence-electron chi connectivity index (χ0n) is 13.0. The molecular weight excluding hydrogens is 284 g/mol. The van der Waals surface area contributed by atoms with Gasteiger partial charge in [0, 0.05) is 18.0 Å². The fourth-order valence-corrected chi connectivity index (χ4v) is 4.28. The van der Waals surface area contributed by atoms with E-state index in [1.54, 1.807) is 18.4 Å². The third-order valence-electron chi connectivity index (χ3n) is 5.04. The lowest BCUT2D eigenvalue weighted by atomic mass is 9.99. The monoisotopic (exact) mass is 308 g/mol. The summed E-state index contributed by atoms with van der Waals surface area (Å²) in [6, 6.07) is 4.46. The lowest BCUT2D eigenvalue weighted by Crippen LogP contribution is -2.44. The second-order valence-electron chi connectivity index (χ2n) is 6.28. The van der Waals surface area contributed by atoms with Gasteiger partial charge >= 0.3 is 0 Å². The van der Waals surface area contributed by atoms with Crippen LogP contribution in [0.4, 0.5) is 0 Å². The molecule has 0 spiro atoms. The van der Waals surface area contributed by atoms with Gasteiger partial charge in [-0.1, -0.05) is 13.0 Å². The Morgan fingerprint density at radius 1 is 1.52 bits per heavy atom. The quantitative estimate of drug-likeness (QED) is 0.930. The lowest BCUT2D eigenvalue weighted by Gasteiger charge is -2.30. The van der Waals surface area contributed by atoms with Crippen LogP contribution in [0.25, 0.3) is 0 Å². The number of carbonyl (C=O) groups is 1. The van der Waals surface area contributed by atoms with Gasteiger partial charge in [0.2, 0.25) is 5.91 Å². The van der Waals surface area contributed by atoms with Crippen LogP contribution in [0.1, 0.15) is 50.6 Å². The van der Waals surface area contributed by atoms with Gasteiger partial charge in [0.25, 0.3) is 0 Å². The maximum atomic E-state index is 13.0. The summed E-state index contributed by atoms with van der Waals surface area (Å²) in [5, 5.41) is 5.65. The molecule has 1 saturated heterocycles. The summed E-state index contributed by atoms with van der Waals surface area (Å²) in [5.41, 5.74) is -0.445. The van der Waals surface area contributed by atoms with E-state index in [9.17, 15) is 4.79 Å². The van der Waals surface area contributed by atoms with E-state index in [0.29, 0.717) is 6.10 Å². The summed E-state index contributed by atoms with van der Waals surface area (Å²) in [6.07, 6.45) is 4.15. The number of amides is 1. The summed E-state index contributed by atoms with van der Waals surface area (Å²) in [5.74, 6) is 0.241. The lowest BCUT2D eigenvalue weighted by molar-refractivity contribution is -0.135. The highest BCUT2D eigenvalue weighted by atomic mass is 32.1. The largest absolute Gasteiger partial charge is 0.381 e. The predicted molar refractivity (Wildman–Crippen MR) is 84.2 cm³/mol. The van der Waals surface area contributed by atoms with Crippen LogP contribution in [-0.4, -0.2) is 35.6 Å². The molecule has 21 heavy (non-hydrogen) atoms. The van der Waals surface area contributed by atoms with E-state index in [2.05, 4.69) is 34.7 Å². The second kappa shape index (κ2) is 5.71. The average molecular weight is 308 g/mol. The van der Waals surface area contributed by atoms with Gasteiger partial charge in [0.05, 0.1) is 11.6 Å². The van der Waals surface area contributed by atoms with E-state index in [-0.39, 0.29) is 18.1 Å². The number of ether oxygens (including phenoxy) is 1. The standard InChI is InChI=1S/C16H24N2O2S/c1-4-16(2)15(19)18(11-7-8-12(10-11)20-3)14(17-16)13-6-5-9-21-13/h5-6,9,11-12,14,17H,4,7-8,10H2,1-3H3. The number of hydrogen-bond acceptors (Lipinski definition) is 4. The molecule has 116 valence electrons. The van der Waals surface area contributed by atoms with Crippen molar-refractivity contribution in [1.29, 1.82) is 0 Å². The van der Waals surface area contributed by atoms with E-state index >= 15 is 0 Å². The highest BCUT2D eigenvalue weighted by Gasteiger charge is 2.51. The Labute approximate surface area is 130 Å². The van der Waals surface area contributed by atoms with Gasteiger partial charge in [-0.2, -0.15) is 0 Å². The second-order valence-corrected chi connectivity index (χ2v) is 7.26. The summed E-state index contributed by atoms with van der Waals surface area (Å²) < 4.78 is 5.48. The Balaban J connectivity index is 1.89. The molecule has 3 rings (SSSR count). The van der Waals surface area contributed by atoms with Crippen LogP contribution in [0.5, 0.6) is 0 Å². The molecular formula is C16H24N2O2S. The first-order valence-electron chi connectivity index (χ1n) is 7.75. The molecule has 1 aromatic heterocycles. The molecule has 0 bridgehead atoms. The number of rotatable bonds is 4. The molecule has 2 aliphatic rings. The Bertz CT molecular complexity index is 504. The minimum absolute atomic E-state index is 0.0167. The Morgan fingerprint density at radius 3 is 2.90 bits per heavy atom. The summed E-state index contributed by atoms with van der Waals surface area (Å²) in [6.45, 7) is 4.10. The van der Waals surface area contributed by atoms with Crippen LogP contribution in [0.2, 0.25) is 0 Å². The molecule has 2 heterocycles. The number of nitrogens with one attached hydrogen (secondary N) is 1.